The molecule has 106 valence electrons. The normalized spacial score (nSPS) is 12.7. The molecule has 1 unspecified atom stereocenters. The van der Waals surface area contributed by atoms with Gasteiger partial charge in [-0.3, -0.25) is 0 Å². The number of hydrogen-bond donors (Lipinski definition) is 0. The van der Waals surface area contributed by atoms with E-state index in [1.54, 1.807) is 0 Å². The lowest BCUT2D eigenvalue weighted by Crippen LogP contribution is -1.97. The SMILES string of the molecule is Cc1cccc(C(Br)c2ccc(CC(C)C)cc2)c1Cl. The first kappa shape index (κ1) is 15.6. The van der Waals surface area contributed by atoms with Gasteiger partial charge in [-0.25, -0.2) is 0 Å². The maximum Gasteiger partial charge on any atom is 0.0659 e. The molecule has 0 saturated carbocycles. The number of aryl methyl sites for hydroxylation is 1. The summed E-state index contributed by atoms with van der Waals surface area (Å²) in [5.41, 5.74) is 4.87. The van der Waals surface area contributed by atoms with Crippen LogP contribution in [0, 0.1) is 12.8 Å². The zero-order valence-electron chi connectivity index (χ0n) is 12.2. The van der Waals surface area contributed by atoms with Crippen molar-refractivity contribution in [3.63, 3.8) is 0 Å². The zero-order valence-corrected chi connectivity index (χ0v) is 14.5. The van der Waals surface area contributed by atoms with Crippen LogP contribution in [0.4, 0.5) is 0 Å². The maximum absolute atomic E-state index is 6.41. The fourth-order valence-electron chi connectivity index (χ4n) is 2.34. The Kier molecular flexibility index (Phi) is 5.29. The Labute approximate surface area is 135 Å². The molecule has 0 fully saturated rings. The minimum Gasteiger partial charge on any atom is -0.0837 e. The second-order valence-corrected chi connectivity index (χ2v) is 6.97. The Morgan fingerprint density at radius 1 is 1.05 bits per heavy atom. The summed E-state index contributed by atoms with van der Waals surface area (Å²) in [5, 5.41) is 0.848. The molecule has 0 nitrogen and oxygen atoms in total. The molecule has 0 aromatic heterocycles. The largest absolute Gasteiger partial charge is 0.0837 e. The smallest absolute Gasteiger partial charge is 0.0659 e. The van der Waals surface area contributed by atoms with Gasteiger partial charge in [0, 0.05) is 5.02 Å². The summed E-state index contributed by atoms with van der Waals surface area (Å²) >= 11 is 10.2. The van der Waals surface area contributed by atoms with Crippen molar-refractivity contribution in [2.75, 3.05) is 0 Å². The second-order valence-electron chi connectivity index (χ2n) is 5.68. The lowest BCUT2D eigenvalue weighted by atomic mass is 9.98. The summed E-state index contributed by atoms with van der Waals surface area (Å²) in [4.78, 5) is 0.142. The summed E-state index contributed by atoms with van der Waals surface area (Å²) < 4.78 is 0. The van der Waals surface area contributed by atoms with E-state index in [-0.39, 0.29) is 4.83 Å². The summed E-state index contributed by atoms with van der Waals surface area (Å²) in [6.07, 6.45) is 1.12. The number of alkyl halides is 1. The number of rotatable bonds is 4. The fourth-order valence-corrected chi connectivity index (χ4v) is 3.39. The Morgan fingerprint density at radius 3 is 2.30 bits per heavy atom. The Hall–Kier alpha value is -0.790. The van der Waals surface area contributed by atoms with E-state index in [1.165, 1.54) is 11.1 Å². The summed E-state index contributed by atoms with van der Waals surface area (Å²) in [6, 6.07) is 15.0. The maximum atomic E-state index is 6.41. The van der Waals surface area contributed by atoms with E-state index in [2.05, 4.69) is 66.2 Å². The van der Waals surface area contributed by atoms with E-state index >= 15 is 0 Å². The minimum atomic E-state index is 0.142. The first-order chi connectivity index (χ1) is 9.49. The number of halogens is 2. The van der Waals surface area contributed by atoms with Crippen molar-refractivity contribution in [1.29, 1.82) is 0 Å². The van der Waals surface area contributed by atoms with Crippen LogP contribution in [0.3, 0.4) is 0 Å². The van der Waals surface area contributed by atoms with Crippen molar-refractivity contribution in [2.24, 2.45) is 5.92 Å². The third kappa shape index (κ3) is 3.65. The molecule has 20 heavy (non-hydrogen) atoms. The molecule has 0 amide bonds. The van der Waals surface area contributed by atoms with Gasteiger partial charge < -0.3 is 0 Å². The molecule has 2 heteroatoms. The fraction of sp³-hybridized carbons (Fsp3) is 0.333. The quantitative estimate of drug-likeness (QED) is 0.564. The van der Waals surface area contributed by atoms with Gasteiger partial charge in [0.05, 0.1) is 4.83 Å². The first-order valence-electron chi connectivity index (χ1n) is 6.97. The van der Waals surface area contributed by atoms with Crippen molar-refractivity contribution in [1.82, 2.24) is 0 Å². The number of benzene rings is 2. The molecular weight excluding hydrogens is 332 g/mol. The molecule has 2 aromatic carbocycles. The molecule has 2 aromatic rings. The third-order valence-electron chi connectivity index (χ3n) is 3.41. The van der Waals surface area contributed by atoms with E-state index < -0.39 is 0 Å². The van der Waals surface area contributed by atoms with Crippen LogP contribution in [0.15, 0.2) is 42.5 Å². The van der Waals surface area contributed by atoms with Gasteiger partial charge in [0.2, 0.25) is 0 Å². The van der Waals surface area contributed by atoms with E-state index in [1.807, 2.05) is 13.0 Å². The molecule has 0 aliphatic heterocycles. The minimum absolute atomic E-state index is 0.142. The van der Waals surface area contributed by atoms with Gasteiger partial charge in [0.25, 0.3) is 0 Å². The van der Waals surface area contributed by atoms with Crippen LogP contribution in [0.25, 0.3) is 0 Å². The summed E-state index contributed by atoms with van der Waals surface area (Å²) in [7, 11) is 0. The van der Waals surface area contributed by atoms with Crippen molar-refractivity contribution in [2.45, 2.75) is 32.0 Å². The highest BCUT2D eigenvalue weighted by Gasteiger charge is 2.14. The van der Waals surface area contributed by atoms with Crippen LogP contribution in [0.5, 0.6) is 0 Å². The molecule has 1 atom stereocenters. The van der Waals surface area contributed by atoms with Gasteiger partial charge in [-0.15, -0.1) is 0 Å². The lowest BCUT2D eigenvalue weighted by molar-refractivity contribution is 0.647. The molecule has 0 aliphatic carbocycles. The Morgan fingerprint density at radius 2 is 1.70 bits per heavy atom. The molecule has 0 saturated heterocycles. The Balaban J connectivity index is 2.25. The van der Waals surface area contributed by atoms with Crippen LogP contribution in [-0.4, -0.2) is 0 Å². The van der Waals surface area contributed by atoms with Crippen molar-refractivity contribution >= 4 is 27.5 Å². The molecule has 0 radical (unpaired) electrons. The second kappa shape index (κ2) is 6.78. The van der Waals surface area contributed by atoms with Gasteiger partial charge in [-0.05, 0) is 41.5 Å². The van der Waals surface area contributed by atoms with Gasteiger partial charge in [0.15, 0.2) is 0 Å². The van der Waals surface area contributed by atoms with Gasteiger partial charge >= 0.3 is 0 Å². The van der Waals surface area contributed by atoms with Crippen molar-refractivity contribution in [3.05, 3.63) is 69.7 Å². The molecule has 0 N–H and O–H groups in total. The first-order valence-corrected chi connectivity index (χ1v) is 8.26. The monoisotopic (exact) mass is 350 g/mol. The molecule has 0 bridgehead atoms. The van der Waals surface area contributed by atoms with Crippen molar-refractivity contribution < 1.29 is 0 Å². The average Bonchev–Trinajstić information content (AvgIpc) is 2.41. The number of hydrogen-bond acceptors (Lipinski definition) is 0. The highest BCUT2D eigenvalue weighted by molar-refractivity contribution is 9.09. The van der Waals surface area contributed by atoms with Crippen LogP contribution in [0.1, 0.15) is 40.9 Å². The van der Waals surface area contributed by atoms with Crippen LogP contribution < -0.4 is 0 Å². The van der Waals surface area contributed by atoms with Gasteiger partial charge in [0.1, 0.15) is 0 Å². The van der Waals surface area contributed by atoms with E-state index in [0.29, 0.717) is 5.92 Å². The van der Waals surface area contributed by atoms with Crippen LogP contribution in [0.2, 0.25) is 5.02 Å². The average molecular weight is 352 g/mol. The zero-order chi connectivity index (χ0) is 14.7. The Bertz CT molecular complexity index is 572. The molecule has 0 spiro atoms. The van der Waals surface area contributed by atoms with Crippen LogP contribution in [-0.2, 0) is 6.42 Å². The predicted octanol–water partition coefficient (Wildman–Crippen LogP) is 6.33. The molecule has 0 aliphatic rings. The molecular formula is C18H20BrCl. The predicted molar refractivity (Wildman–Crippen MR) is 91.9 cm³/mol. The third-order valence-corrected chi connectivity index (χ3v) is 4.95. The van der Waals surface area contributed by atoms with E-state index in [4.69, 9.17) is 11.6 Å². The standard InChI is InChI=1S/C18H20BrCl/c1-12(2)11-14-7-9-15(10-8-14)17(19)16-6-4-5-13(3)18(16)20/h4-10,12,17H,11H2,1-3H3. The van der Waals surface area contributed by atoms with Gasteiger partial charge in [-0.2, -0.15) is 0 Å². The summed E-state index contributed by atoms with van der Waals surface area (Å²) in [6.45, 7) is 6.53. The van der Waals surface area contributed by atoms with E-state index in [9.17, 15) is 0 Å². The lowest BCUT2D eigenvalue weighted by Gasteiger charge is -2.15. The topological polar surface area (TPSA) is 0 Å². The molecule has 2 rings (SSSR count). The van der Waals surface area contributed by atoms with Gasteiger partial charge in [-0.1, -0.05) is 83.8 Å². The highest BCUT2D eigenvalue weighted by atomic mass is 79.9. The van der Waals surface area contributed by atoms with E-state index in [0.717, 1.165) is 22.6 Å². The summed E-state index contributed by atoms with van der Waals surface area (Å²) in [5.74, 6) is 0.687. The van der Waals surface area contributed by atoms with Crippen molar-refractivity contribution in [3.8, 4) is 0 Å². The van der Waals surface area contributed by atoms with Crippen LogP contribution >= 0.6 is 27.5 Å². The molecule has 0 heterocycles. The highest BCUT2D eigenvalue weighted by Crippen LogP contribution is 2.36.